The largest absolute Gasteiger partial charge is 0.356 e. The fourth-order valence-corrected chi connectivity index (χ4v) is 2.42. The van der Waals surface area contributed by atoms with E-state index < -0.39 is 0 Å². The van der Waals surface area contributed by atoms with Crippen LogP contribution in [0.25, 0.3) is 0 Å². The summed E-state index contributed by atoms with van der Waals surface area (Å²) in [5.41, 5.74) is 1.80. The maximum Gasteiger partial charge on any atom is 0.227 e. The first kappa shape index (κ1) is 17.1. The normalized spacial score (nSPS) is 12.2. The molecule has 0 aliphatic rings. The van der Waals surface area contributed by atoms with E-state index in [4.69, 9.17) is 0 Å². The Bertz CT molecular complexity index is 611. The molecule has 0 aliphatic heterocycles. The van der Waals surface area contributed by atoms with Crippen LogP contribution in [0.1, 0.15) is 37.3 Å². The molecule has 3 nitrogen and oxygen atoms in total. The van der Waals surface area contributed by atoms with Crippen LogP contribution < -0.4 is 5.32 Å². The third-order valence-corrected chi connectivity index (χ3v) is 3.77. The van der Waals surface area contributed by atoms with Gasteiger partial charge >= 0.3 is 0 Å². The van der Waals surface area contributed by atoms with Gasteiger partial charge in [0.15, 0.2) is 0 Å². The number of benzene rings is 1. The van der Waals surface area contributed by atoms with Crippen LogP contribution in [0.3, 0.4) is 0 Å². The fraction of sp³-hybridized carbons (Fsp3) is 0.368. The van der Waals surface area contributed by atoms with E-state index in [0.29, 0.717) is 18.9 Å². The highest BCUT2D eigenvalue weighted by molar-refractivity contribution is 5.83. The summed E-state index contributed by atoms with van der Waals surface area (Å²) < 4.78 is 13.2. The molecule has 1 atom stereocenters. The Balaban J connectivity index is 2.13. The monoisotopic (exact) mass is 314 g/mol. The van der Waals surface area contributed by atoms with Crippen LogP contribution in [0.5, 0.6) is 0 Å². The molecule has 0 saturated carbocycles. The van der Waals surface area contributed by atoms with Crippen molar-refractivity contribution in [3.63, 3.8) is 0 Å². The highest BCUT2D eigenvalue weighted by Crippen LogP contribution is 2.21. The summed E-state index contributed by atoms with van der Waals surface area (Å²) >= 11 is 0. The number of nitrogens with zero attached hydrogens (tertiary/aromatic N) is 1. The number of hydrogen-bond donors (Lipinski definition) is 1. The number of nitrogens with one attached hydrogen (secondary N) is 1. The Kier molecular flexibility index (Phi) is 6.27. The van der Waals surface area contributed by atoms with Crippen LogP contribution in [0.2, 0.25) is 0 Å². The smallest absolute Gasteiger partial charge is 0.227 e. The predicted octanol–water partition coefficient (Wildman–Crippen LogP) is 3.71. The van der Waals surface area contributed by atoms with E-state index in [9.17, 15) is 9.18 Å². The standard InChI is InChI=1S/C19H23FN2O/c1-14(2)9-11-22-19(23)18(12-15-4-3-10-21-13-15)16-5-7-17(20)8-6-16/h3-8,10,13-14,18H,9,11-12H2,1-2H3,(H,22,23). The molecule has 0 spiro atoms. The molecular weight excluding hydrogens is 291 g/mol. The van der Waals surface area contributed by atoms with Crippen molar-refractivity contribution in [2.24, 2.45) is 5.92 Å². The van der Waals surface area contributed by atoms with Gasteiger partial charge in [0.1, 0.15) is 5.82 Å². The average molecular weight is 314 g/mol. The minimum absolute atomic E-state index is 0.0267. The Morgan fingerprint density at radius 1 is 1.22 bits per heavy atom. The van der Waals surface area contributed by atoms with E-state index in [1.54, 1.807) is 24.5 Å². The van der Waals surface area contributed by atoms with E-state index in [2.05, 4.69) is 24.1 Å². The van der Waals surface area contributed by atoms with Crippen molar-refractivity contribution in [1.29, 1.82) is 0 Å². The Morgan fingerprint density at radius 3 is 2.57 bits per heavy atom. The van der Waals surface area contributed by atoms with Gasteiger partial charge in [-0.1, -0.05) is 32.0 Å². The molecule has 1 unspecified atom stereocenters. The number of carbonyl (C=O) groups excluding carboxylic acids is 1. The van der Waals surface area contributed by atoms with E-state index in [0.717, 1.165) is 17.5 Å². The van der Waals surface area contributed by atoms with Gasteiger partial charge in [-0.25, -0.2) is 4.39 Å². The summed E-state index contributed by atoms with van der Waals surface area (Å²) in [4.78, 5) is 16.7. The van der Waals surface area contributed by atoms with Crippen molar-refractivity contribution in [3.8, 4) is 0 Å². The van der Waals surface area contributed by atoms with Crippen LogP contribution >= 0.6 is 0 Å². The molecule has 1 heterocycles. The van der Waals surface area contributed by atoms with E-state index >= 15 is 0 Å². The van der Waals surface area contributed by atoms with Crippen molar-refractivity contribution in [1.82, 2.24) is 10.3 Å². The van der Waals surface area contributed by atoms with Gasteiger partial charge in [0.25, 0.3) is 0 Å². The molecule has 0 radical (unpaired) electrons. The van der Waals surface area contributed by atoms with Gasteiger partial charge < -0.3 is 5.32 Å². The summed E-state index contributed by atoms with van der Waals surface area (Å²) in [5.74, 6) is -0.125. The maximum atomic E-state index is 13.2. The summed E-state index contributed by atoms with van der Waals surface area (Å²) in [6.45, 7) is 4.90. The zero-order chi connectivity index (χ0) is 16.7. The molecule has 2 aromatic rings. The first-order chi connectivity index (χ1) is 11.1. The number of carbonyl (C=O) groups is 1. The third-order valence-electron chi connectivity index (χ3n) is 3.77. The number of amides is 1. The van der Waals surface area contributed by atoms with Crippen LogP contribution in [0.15, 0.2) is 48.8 Å². The van der Waals surface area contributed by atoms with Gasteiger partial charge in [-0.15, -0.1) is 0 Å². The molecule has 1 aromatic carbocycles. The lowest BCUT2D eigenvalue weighted by Gasteiger charge is -2.18. The second-order valence-electron chi connectivity index (χ2n) is 6.14. The minimum Gasteiger partial charge on any atom is -0.356 e. The SMILES string of the molecule is CC(C)CCNC(=O)C(Cc1cccnc1)c1ccc(F)cc1. The van der Waals surface area contributed by atoms with Crippen LogP contribution in [-0.2, 0) is 11.2 Å². The molecule has 2 rings (SSSR count). The molecule has 1 aromatic heterocycles. The van der Waals surface area contributed by atoms with Gasteiger partial charge in [0.05, 0.1) is 5.92 Å². The molecule has 4 heteroatoms. The number of pyridine rings is 1. The number of hydrogen-bond acceptors (Lipinski definition) is 2. The Morgan fingerprint density at radius 2 is 1.96 bits per heavy atom. The van der Waals surface area contributed by atoms with Crippen molar-refractivity contribution < 1.29 is 9.18 Å². The second-order valence-corrected chi connectivity index (χ2v) is 6.14. The summed E-state index contributed by atoms with van der Waals surface area (Å²) in [6, 6.07) is 9.95. The minimum atomic E-state index is -0.341. The van der Waals surface area contributed by atoms with Gasteiger partial charge in [-0.2, -0.15) is 0 Å². The molecule has 1 N–H and O–H groups in total. The number of rotatable bonds is 7. The maximum absolute atomic E-state index is 13.2. The topological polar surface area (TPSA) is 42.0 Å². The summed E-state index contributed by atoms with van der Waals surface area (Å²) in [5, 5.41) is 2.99. The van der Waals surface area contributed by atoms with Gasteiger partial charge in [-0.3, -0.25) is 9.78 Å². The molecule has 0 bridgehead atoms. The molecule has 1 amide bonds. The van der Waals surface area contributed by atoms with Crippen LogP contribution in [0, 0.1) is 11.7 Å². The lowest BCUT2D eigenvalue weighted by atomic mass is 9.91. The van der Waals surface area contributed by atoms with Crippen LogP contribution in [0.4, 0.5) is 4.39 Å². The van der Waals surface area contributed by atoms with Gasteiger partial charge in [0.2, 0.25) is 5.91 Å². The molecule has 122 valence electrons. The summed E-state index contributed by atoms with van der Waals surface area (Å²) in [6.07, 6.45) is 4.96. The fourth-order valence-electron chi connectivity index (χ4n) is 2.42. The lowest BCUT2D eigenvalue weighted by Crippen LogP contribution is -2.31. The first-order valence-corrected chi connectivity index (χ1v) is 7.98. The zero-order valence-corrected chi connectivity index (χ0v) is 13.6. The van der Waals surface area contributed by atoms with Crippen molar-refractivity contribution >= 4 is 5.91 Å². The van der Waals surface area contributed by atoms with Crippen LogP contribution in [-0.4, -0.2) is 17.4 Å². The quantitative estimate of drug-likeness (QED) is 0.846. The third kappa shape index (κ3) is 5.47. The highest BCUT2D eigenvalue weighted by atomic mass is 19.1. The molecule has 0 fully saturated rings. The average Bonchev–Trinajstić information content (AvgIpc) is 2.54. The number of aromatic nitrogens is 1. The predicted molar refractivity (Wildman–Crippen MR) is 89.5 cm³/mol. The summed E-state index contributed by atoms with van der Waals surface area (Å²) in [7, 11) is 0. The first-order valence-electron chi connectivity index (χ1n) is 7.98. The van der Waals surface area contributed by atoms with Gasteiger partial charge in [-0.05, 0) is 48.1 Å². The molecule has 0 saturated heterocycles. The lowest BCUT2D eigenvalue weighted by molar-refractivity contribution is -0.122. The van der Waals surface area contributed by atoms with E-state index in [-0.39, 0.29) is 17.6 Å². The van der Waals surface area contributed by atoms with Crippen molar-refractivity contribution in [2.45, 2.75) is 32.6 Å². The van der Waals surface area contributed by atoms with E-state index in [1.807, 2.05) is 12.1 Å². The molecule has 23 heavy (non-hydrogen) atoms. The van der Waals surface area contributed by atoms with E-state index in [1.165, 1.54) is 12.1 Å². The van der Waals surface area contributed by atoms with Crippen molar-refractivity contribution in [2.75, 3.05) is 6.54 Å². The number of halogens is 1. The molecular formula is C19H23FN2O. The zero-order valence-electron chi connectivity index (χ0n) is 13.6. The van der Waals surface area contributed by atoms with Crippen molar-refractivity contribution in [3.05, 3.63) is 65.7 Å². The highest BCUT2D eigenvalue weighted by Gasteiger charge is 2.21. The Hall–Kier alpha value is -2.23. The second kappa shape index (κ2) is 8.42. The van der Waals surface area contributed by atoms with Gasteiger partial charge in [0, 0.05) is 18.9 Å². The Labute approximate surface area is 137 Å². The molecule has 0 aliphatic carbocycles.